The van der Waals surface area contributed by atoms with Gasteiger partial charge in [-0.05, 0) is 89.5 Å². The molecule has 0 aliphatic heterocycles. The molecule has 35 heavy (non-hydrogen) atoms. The van der Waals surface area contributed by atoms with E-state index in [-0.39, 0.29) is 11.7 Å². The highest BCUT2D eigenvalue weighted by Crippen LogP contribution is 2.16. The van der Waals surface area contributed by atoms with Gasteiger partial charge in [-0.2, -0.15) is 5.10 Å². The van der Waals surface area contributed by atoms with E-state index in [1.807, 2.05) is 36.4 Å². The second kappa shape index (κ2) is 11.8. The largest absolute Gasteiger partial charge is 0.489 e. The number of hydrazone groups is 1. The van der Waals surface area contributed by atoms with Crippen LogP contribution in [0.1, 0.15) is 27.0 Å². The fraction of sp³-hybridized carbons (Fsp3) is 0.0714. The number of hydrogen-bond acceptors (Lipinski definition) is 4. The Kier molecular flexibility index (Phi) is 8.09. The fourth-order valence-electron chi connectivity index (χ4n) is 3.08. The van der Waals surface area contributed by atoms with E-state index in [1.165, 1.54) is 12.1 Å². The van der Waals surface area contributed by atoms with Crippen LogP contribution in [0.25, 0.3) is 0 Å². The maximum Gasteiger partial charge on any atom is 0.271 e. The normalized spacial score (nSPS) is 10.8. The van der Waals surface area contributed by atoms with Crippen LogP contribution in [-0.2, 0) is 13.2 Å². The molecule has 0 saturated heterocycles. The molecule has 4 aromatic rings. The zero-order valence-electron chi connectivity index (χ0n) is 18.7. The van der Waals surface area contributed by atoms with E-state index in [2.05, 4.69) is 10.5 Å². The van der Waals surface area contributed by atoms with Crippen molar-refractivity contribution in [2.45, 2.75) is 13.2 Å². The number of nitrogens with zero attached hydrogens (tertiary/aromatic N) is 1. The number of hydrogen-bond donors (Lipinski definition) is 1. The summed E-state index contributed by atoms with van der Waals surface area (Å²) in [5.74, 6) is 0.723. The summed E-state index contributed by atoms with van der Waals surface area (Å²) in [5, 5.41) is 4.69. The molecule has 176 valence electrons. The van der Waals surface area contributed by atoms with Crippen molar-refractivity contribution in [3.05, 3.63) is 130 Å². The highest BCUT2D eigenvalue weighted by molar-refractivity contribution is 6.30. The number of nitrogens with one attached hydrogen (secondary N) is 1. The van der Waals surface area contributed by atoms with Crippen LogP contribution in [0.4, 0.5) is 4.39 Å². The molecule has 0 atom stereocenters. The van der Waals surface area contributed by atoms with Crippen LogP contribution >= 0.6 is 11.6 Å². The van der Waals surface area contributed by atoms with E-state index in [0.717, 1.165) is 16.7 Å². The van der Waals surface area contributed by atoms with Crippen LogP contribution in [0.2, 0.25) is 5.02 Å². The maximum atomic E-state index is 13.0. The van der Waals surface area contributed by atoms with E-state index < -0.39 is 0 Å². The van der Waals surface area contributed by atoms with E-state index >= 15 is 0 Å². The molecular weight excluding hydrogens is 467 g/mol. The molecule has 1 amide bonds. The zero-order chi connectivity index (χ0) is 24.5. The summed E-state index contributed by atoms with van der Waals surface area (Å²) in [5.41, 5.74) is 5.65. The summed E-state index contributed by atoms with van der Waals surface area (Å²) in [4.78, 5) is 12.3. The van der Waals surface area contributed by atoms with Crippen molar-refractivity contribution in [3.8, 4) is 11.5 Å². The molecule has 0 unspecified atom stereocenters. The van der Waals surface area contributed by atoms with Gasteiger partial charge in [-0.3, -0.25) is 4.79 Å². The number of benzene rings is 4. The van der Waals surface area contributed by atoms with Gasteiger partial charge in [-0.1, -0.05) is 35.9 Å². The number of ether oxygens (including phenoxy) is 2. The van der Waals surface area contributed by atoms with Crippen LogP contribution in [0.3, 0.4) is 0 Å². The van der Waals surface area contributed by atoms with Gasteiger partial charge in [0.15, 0.2) is 0 Å². The van der Waals surface area contributed by atoms with Gasteiger partial charge in [-0.25, -0.2) is 9.82 Å². The minimum absolute atomic E-state index is 0.277. The van der Waals surface area contributed by atoms with Crippen molar-refractivity contribution in [2.75, 3.05) is 0 Å². The standard InChI is InChI=1S/C28H22ClFN2O3/c29-24-9-1-21(2-10-24)18-35-27-15-7-23(8-16-27)28(33)32-31-17-20-5-13-26(14-6-20)34-19-22-3-11-25(30)12-4-22/h1-17H,18-19H2,(H,32,33). The van der Waals surface area contributed by atoms with Gasteiger partial charge in [-0.15, -0.1) is 0 Å². The average Bonchev–Trinajstić information content (AvgIpc) is 2.89. The van der Waals surface area contributed by atoms with Crippen LogP contribution < -0.4 is 14.9 Å². The molecule has 1 N–H and O–H groups in total. The summed E-state index contributed by atoms with van der Waals surface area (Å²) >= 11 is 5.89. The van der Waals surface area contributed by atoms with E-state index in [0.29, 0.717) is 35.3 Å². The second-order valence-corrected chi connectivity index (χ2v) is 8.06. The average molecular weight is 489 g/mol. The smallest absolute Gasteiger partial charge is 0.271 e. The Morgan fingerprint density at radius 3 is 1.86 bits per heavy atom. The molecule has 0 saturated carbocycles. The predicted molar refractivity (Wildman–Crippen MR) is 134 cm³/mol. The minimum atomic E-state index is -0.329. The Morgan fingerprint density at radius 2 is 1.29 bits per heavy atom. The zero-order valence-corrected chi connectivity index (χ0v) is 19.4. The Balaban J connectivity index is 1.23. The summed E-state index contributed by atoms with van der Waals surface area (Å²) in [6.07, 6.45) is 1.55. The third-order valence-corrected chi connectivity index (χ3v) is 5.27. The molecule has 4 rings (SSSR count). The molecule has 5 nitrogen and oxygen atoms in total. The first kappa shape index (κ1) is 24.0. The molecule has 0 aliphatic carbocycles. The third kappa shape index (κ3) is 7.42. The van der Waals surface area contributed by atoms with Crippen LogP contribution in [0.5, 0.6) is 11.5 Å². The molecule has 0 aliphatic rings. The summed E-state index contributed by atoms with van der Waals surface area (Å²) in [7, 11) is 0. The van der Waals surface area contributed by atoms with Crippen molar-refractivity contribution < 1.29 is 18.7 Å². The Bertz CT molecular complexity index is 1270. The first-order valence-corrected chi connectivity index (χ1v) is 11.2. The lowest BCUT2D eigenvalue weighted by Crippen LogP contribution is -2.17. The van der Waals surface area contributed by atoms with Crippen molar-refractivity contribution in [2.24, 2.45) is 5.10 Å². The molecule has 7 heteroatoms. The van der Waals surface area contributed by atoms with Gasteiger partial charge in [0, 0.05) is 10.6 Å². The Hall–Kier alpha value is -4.16. The molecule has 0 radical (unpaired) electrons. The second-order valence-electron chi connectivity index (χ2n) is 7.62. The predicted octanol–water partition coefficient (Wildman–Crippen LogP) is 6.40. The topological polar surface area (TPSA) is 59.9 Å². The van der Waals surface area contributed by atoms with E-state index in [1.54, 1.807) is 54.7 Å². The molecule has 0 heterocycles. The lowest BCUT2D eigenvalue weighted by molar-refractivity contribution is 0.0955. The first-order chi connectivity index (χ1) is 17.0. The number of carbonyl (C=O) groups excluding carboxylic acids is 1. The Morgan fingerprint density at radius 1 is 0.771 bits per heavy atom. The van der Waals surface area contributed by atoms with Gasteiger partial charge < -0.3 is 9.47 Å². The van der Waals surface area contributed by atoms with Gasteiger partial charge in [0.25, 0.3) is 5.91 Å². The van der Waals surface area contributed by atoms with E-state index in [4.69, 9.17) is 21.1 Å². The fourth-order valence-corrected chi connectivity index (χ4v) is 3.20. The third-order valence-electron chi connectivity index (χ3n) is 5.01. The monoisotopic (exact) mass is 488 g/mol. The highest BCUT2D eigenvalue weighted by Gasteiger charge is 2.05. The molecular formula is C28H22ClFN2O3. The van der Waals surface area contributed by atoms with Crippen molar-refractivity contribution in [1.29, 1.82) is 0 Å². The van der Waals surface area contributed by atoms with Crippen molar-refractivity contribution in [1.82, 2.24) is 5.43 Å². The molecule has 4 aromatic carbocycles. The molecule has 0 aromatic heterocycles. The summed E-state index contributed by atoms with van der Waals surface area (Å²) < 4.78 is 24.4. The molecule has 0 fully saturated rings. The van der Waals surface area contributed by atoms with Gasteiger partial charge in [0.2, 0.25) is 0 Å². The van der Waals surface area contributed by atoms with Gasteiger partial charge in [0.05, 0.1) is 6.21 Å². The van der Waals surface area contributed by atoms with Gasteiger partial charge in [0.1, 0.15) is 30.5 Å². The van der Waals surface area contributed by atoms with Crippen LogP contribution in [0.15, 0.2) is 102 Å². The maximum absolute atomic E-state index is 13.0. The Labute approximate surface area is 207 Å². The number of carbonyl (C=O) groups is 1. The number of rotatable bonds is 9. The SMILES string of the molecule is O=C(NN=Cc1ccc(OCc2ccc(F)cc2)cc1)c1ccc(OCc2ccc(Cl)cc2)cc1. The lowest BCUT2D eigenvalue weighted by atomic mass is 10.2. The number of amides is 1. The van der Waals surface area contributed by atoms with Crippen molar-refractivity contribution >= 4 is 23.7 Å². The number of halogens is 2. The first-order valence-electron chi connectivity index (χ1n) is 10.8. The van der Waals surface area contributed by atoms with Crippen LogP contribution in [-0.4, -0.2) is 12.1 Å². The quantitative estimate of drug-likeness (QED) is 0.219. The molecule has 0 bridgehead atoms. The molecule has 0 spiro atoms. The van der Waals surface area contributed by atoms with Crippen molar-refractivity contribution in [3.63, 3.8) is 0 Å². The van der Waals surface area contributed by atoms with E-state index in [9.17, 15) is 9.18 Å². The summed E-state index contributed by atoms with van der Waals surface area (Å²) in [6.45, 7) is 0.748. The van der Waals surface area contributed by atoms with Crippen LogP contribution in [0, 0.1) is 5.82 Å². The minimum Gasteiger partial charge on any atom is -0.489 e. The lowest BCUT2D eigenvalue weighted by Gasteiger charge is -2.07. The summed E-state index contributed by atoms with van der Waals surface area (Å²) in [6, 6.07) is 27.7. The highest BCUT2D eigenvalue weighted by atomic mass is 35.5. The van der Waals surface area contributed by atoms with Gasteiger partial charge >= 0.3 is 0 Å².